The molecule has 1 fully saturated rings. The van der Waals surface area contributed by atoms with Crippen LogP contribution in [0.25, 0.3) is 0 Å². The Labute approximate surface area is 101 Å². The van der Waals surface area contributed by atoms with E-state index < -0.39 is 5.97 Å². The van der Waals surface area contributed by atoms with Crippen LogP contribution < -0.4 is 5.32 Å². The topological polar surface area (TPSA) is 65.1 Å². The van der Waals surface area contributed by atoms with Gasteiger partial charge in [0.25, 0.3) is 0 Å². The molecule has 2 rings (SSSR count). The second kappa shape index (κ2) is 5.36. The fourth-order valence-electron chi connectivity index (χ4n) is 2.66. The molecule has 1 saturated carbocycles. The van der Waals surface area contributed by atoms with E-state index in [1.165, 1.54) is 19.3 Å². The number of hydrogen-bond donors (Lipinski definition) is 3. The Morgan fingerprint density at radius 2 is 2.41 bits per heavy atom. The highest BCUT2D eigenvalue weighted by Crippen LogP contribution is 2.30. The van der Waals surface area contributed by atoms with Crippen molar-refractivity contribution in [3.8, 4) is 0 Å². The van der Waals surface area contributed by atoms with Crippen molar-refractivity contribution in [2.75, 3.05) is 6.54 Å². The summed E-state index contributed by atoms with van der Waals surface area (Å²) in [5.41, 5.74) is 1.14. The lowest BCUT2D eigenvalue weighted by molar-refractivity contribution is 0.0695. The summed E-state index contributed by atoms with van der Waals surface area (Å²) in [6.45, 7) is 3.90. The largest absolute Gasteiger partial charge is 0.478 e. The van der Waals surface area contributed by atoms with E-state index >= 15 is 0 Å². The SMILES string of the molecule is CC1CCCC1CNCc1[nH]ccc1C(=O)O. The summed E-state index contributed by atoms with van der Waals surface area (Å²) in [4.78, 5) is 13.9. The molecule has 1 heterocycles. The van der Waals surface area contributed by atoms with E-state index in [1.807, 2.05) is 0 Å². The van der Waals surface area contributed by atoms with Gasteiger partial charge in [-0.25, -0.2) is 4.79 Å². The molecule has 0 aliphatic heterocycles. The number of carboxylic acid groups (broad SMARTS) is 1. The molecule has 1 aromatic rings. The minimum atomic E-state index is -0.864. The third kappa shape index (κ3) is 2.88. The van der Waals surface area contributed by atoms with Gasteiger partial charge in [0.05, 0.1) is 5.56 Å². The van der Waals surface area contributed by atoms with Crippen LogP contribution >= 0.6 is 0 Å². The molecule has 4 nitrogen and oxygen atoms in total. The Bertz CT molecular complexity index is 387. The zero-order valence-corrected chi connectivity index (χ0v) is 10.2. The van der Waals surface area contributed by atoms with Crippen molar-refractivity contribution in [3.63, 3.8) is 0 Å². The normalized spacial score (nSPS) is 24.1. The van der Waals surface area contributed by atoms with Gasteiger partial charge in [0.2, 0.25) is 0 Å². The van der Waals surface area contributed by atoms with Gasteiger partial charge in [-0.05, 0) is 30.9 Å². The zero-order chi connectivity index (χ0) is 12.3. The Balaban J connectivity index is 1.81. The van der Waals surface area contributed by atoms with E-state index in [2.05, 4.69) is 17.2 Å². The van der Waals surface area contributed by atoms with Crippen LogP contribution in [0.15, 0.2) is 12.3 Å². The van der Waals surface area contributed by atoms with Crippen LogP contribution in [0.2, 0.25) is 0 Å². The van der Waals surface area contributed by atoms with Crippen molar-refractivity contribution in [1.29, 1.82) is 0 Å². The van der Waals surface area contributed by atoms with Gasteiger partial charge < -0.3 is 15.4 Å². The maximum Gasteiger partial charge on any atom is 0.337 e. The minimum Gasteiger partial charge on any atom is -0.478 e. The smallest absolute Gasteiger partial charge is 0.337 e. The van der Waals surface area contributed by atoms with Crippen molar-refractivity contribution in [1.82, 2.24) is 10.3 Å². The van der Waals surface area contributed by atoms with Crippen LogP contribution in [-0.4, -0.2) is 22.6 Å². The predicted octanol–water partition coefficient (Wildman–Crippen LogP) is 2.24. The molecule has 1 aromatic heterocycles. The number of aromatic carboxylic acids is 1. The zero-order valence-electron chi connectivity index (χ0n) is 10.2. The molecular formula is C13H20N2O2. The molecule has 3 N–H and O–H groups in total. The van der Waals surface area contributed by atoms with Crippen LogP contribution in [0, 0.1) is 11.8 Å². The number of nitrogens with one attached hydrogen (secondary N) is 2. The summed E-state index contributed by atoms with van der Waals surface area (Å²) in [5.74, 6) is 0.681. The van der Waals surface area contributed by atoms with Gasteiger partial charge in [-0.15, -0.1) is 0 Å². The van der Waals surface area contributed by atoms with Gasteiger partial charge >= 0.3 is 5.97 Å². The molecule has 0 aromatic carbocycles. The first-order chi connectivity index (χ1) is 8.18. The Kier molecular flexibility index (Phi) is 3.84. The molecule has 94 valence electrons. The summed E-state index contributed by atoms with van der Waals surface area (Å²) in [6.07, 6.45) is 5.63. The number of carbonyl (C=O) groups is 1. The Hall–Kier alpha value is -1.29. The third-order valence-corrected chi connectivity index (χ3v) is 3.81. The van der Waals surface area contributed by atoms with Gasteiger partial charge in [-0.3, -0.25) is 0 Å². The van der Waals surface area contributed by atoms with Crippen molar-refractivity contribution in [2.24, 2.45) is 11.8 Å². The van der Waals surface area contributed by atoms with Crippen LogP contribution in [-0.2, 0) is 6.54 Å². The highest BCUT2D eigenvalue weighted by Gasteiger charge is 2.22. The molecule has 0 amide bonds. The first-order valence-electron chi connectivity index (χ1n) is 6.28. The van der Waals surface area contributed by atoms with Gasteiger partial charge in [0.15, 0.2) is 0 Å². The lowest BCUT2D eigenvalue weighted by Crippen LogP contribution is -2.24. The second-order valence-corrected chi connectivity index (χ2v) is 4.97. The monoisotopic (exact) mass is 236 g/mol. The average molecular weight is 236 g/mol. The minimum absolute atomic E-state index is 0.372. The second-order valence-electron chi connectivity index (χ2n) is 4.97. The van der Waals surface area contributed by atoms with Crippen LogP contribution in [0.1, 0.15) is 42.2 Å². The molecule has 4 heteroatoms. The Morgan fingerprint density at radius 1 is 1.59 bits per heavy atom. The van der Waals surface area contributed by atoms with Crippen molar-refractivity contribution < 1.29 is 9.90 Å². The molecule has 2 atom stereocenters. The molecule has 2 unspecified atom stereocenters. The number of carboxylic acids is 1. The van der Waals surface area contributed by atoms with E-state index in [9.17, 15) is 4.79 Å². The fourth-order valence-corrected chi connectivity index (χ4v) is 2.66. The lowest BCUT2D eigenvalue weighted by atomic mass is 9.98. The molecule has 0 spiro atoms. The van der Waals surface area contributed by atoms with Crippen LogP contribution in [0.5, 0.6) is 0 Å². The highest BCUT2D eigenvalue weighted by atomic mass is 16.4. The fraction of sp³-hybridized carbons (Fsp3) is 0.615. The standard InChI is InChI=1S/C13H20N2O2/c1-9-3-2-4-10(9)7-14-8-12-11(13(16)17)5-6-15-12/h5-6,9-10,14-15H,2-4,7-8H2,1H3,(H,16,17). The van der Waals surface area contributed by atoms with Crippen LogP contribution in [0.4, 0.5) is 0 Å². The van der Waals surface area contributed by atoms with Crippen molar-refractivity contribution in [3.05, 3.63) is 23.5 Å². The number of aromatic nitrogens is 1. The molecular weight excluding hydrogens is 216 g/mol. The van der Waals surface area contributed by atoms with Crippen LogP contribution in [0.3, 0.4) is 0 Å². The third-order valence-electron chi connectivity index (χ3n) is 3.81. The average Bonchev–Trinajstić information content (AvgIpc) is 2.88. The predicted molar refractivity (Wildman–Crippen MR) is 66.0 cm³/mol. The van der Waals surface area contributed by atoms with Gasteiger partial charge in [-0.2, -0.15) is 0 Å². The highest BCUT2D eigenvalue weighted by molar-refractivity contribution is 5.88. The summed E-state index contributed by atoms with van der Waals surface area (Å²) in [7, 11) is 0. The molecule has 1 aliphatic rings. The van der Waals surface area contributed by atoms with Gasteiger partial charge in [-0.1, -0.05) is 19.8 Å². The summed E-state index contributed by atoms with van der Waals surface area (Å²) in [6, 6.07) is 1.61. The first kappa shape index (κ1) is 12.2. The summed E-state index contributed by atoms with van der Waals surface area (Å²) in [5, 5.41) is 12.3. The lowest BCUT2D eigenvalue weighted by Gasteiger charge is -2.15. The van der Waals surface area contributed by atoms with E-state index in [-0.39, 0.29) is 0 Å². The molecule has 0 radical (unpaired) electrons. The summed E-state index contributed by atoms with van der Waals surface area (Å²) < 4.78 is 0. The molecule has 0 bridgehead atoms. The van der Waals surface area contributed by atoms with E-state index in [1.54, 1.807) is 12.3 Å². The van der Waals surface area contributed by atoms with Gasteiger partial charge in [0, 0.05) is 18.4 Å². The number of rotatable bonds is 5. The number of hydrogen-bond acceptors (Lipinski definition) is 2. The van der Waals surface area contributed by atoms with Crippen molar-refractivity contribution >= 4 is 5.97 Å². The number of H-pyrrole nitrogens is 1. The van der Waals surface area contributed by atoms with Crippen molar-refractivity contribution in [2.45, 2.75) is 32.7 Å². The maximum atomic E-state index is 10.9. The molecule has 1 aliphatic carbocycles. The summed E-state index contributed by atoms with van der Waals surface area (Å²) >= 11 is 0. The quantitative estimate of drug-likeness (QED) is 0.734. The van der Waals surface area contributed by atoms with Gasteiger partial charge in [0.1, 0.15) is 0 Å². The molecule has 0 saturated heterocycles. The van der Waals surface area contributed by atoms with E-state index in [4.69, 9.17) is 5.11 Å². The Morgan fingerprint density at radius 3 is 3.06 bits per heavy atom. The maximum absolute atomic E-state index is 10.9. The molecule has 17 heavy (non-hydrogen) atoms. The number of aromatic amines is 1. The first-order valence-corrected chi connectivity index (χ1v) is 6.28. The van der Waals surface area contributed by atoms with E-state index in [0.717, 1.165) is 24.1 Å². The van der Waals surface area contributed by atoms with E-state index in [0.29, 0.717) is 12.1 Å².